The molecule has 0 bridgehead atoms. The molecule has 116 valence electrons. The maximum Gasteiger partial charge on any atom is 0.343 e. The summed E-state index contributed by atoms with van der Waals surface area (Å²) in [4.78, 5) is 16.7. The van der Waals surface area contributed by atoms with Gasteiger partial charge in [0.2, 0.25) is 0 Å². The van der Waals surface area contributed by atoms with Gasteiger partial charge in [-0.2, -0.15) is 0 Å². The maximum atomic E-state index is 12.1. The Balaban J connectivity index is 2.27. The fourth-order valence-corrected chi connectivity index (χ4v) is 2.70. The molecule has 0 aromatic heterocycles. The molecule has 0 saturated heterocycles. The van der Waals surface area contributed by atoms with Gasteiger partial charge in [0, 0.05) is 7.05 Å². The first-order valence-electron chi connectivity index (χ1n) is 6.35. The number of hydrogen-bond donors (Lipinski definition) is 0. The van der Waals surface area contributed by atoms with E-state index in [9.17, 15) is 13.2 Å². The molecule has 0 radical (unpaired) electrons. The summed E-state index contributed by atoms with van der Waals surface area (Å²) in [6.45, 7) is 0. The Kier molecular flexibility index (Phi) is 4.92. The highest BCUT2D eigenvalue weighted by Crippen LogP contribution is 2.18. The van der Waals surface area contributed by atoms with E-state index in [0.29, 0.717) is 10.2 Å². The molecule has 2 aromatic carbocycles. The quantitative estimate of drug-likeness (QED) is 0.479. The fraction of sp³-hybridized carbons (Fsp3) is 0.133. The van der Waals surface area contributed by atoms with Crippen molar-refractivity contribution in [1.29, 1.82) is 0 Å². The number of hydroxylamine groups is 1. The number of rotatable bonds is 5. The van der Waals surface area contributed by atoms with Crippen molar-refractivity contribution < 1.29 is 22.8 Å². The minimum atomic E-state index is -3.81. The van der Waals surface area contributed by atoms with E-state index in [1.807, 2.05) is 0 Å². The van der Waals surface area contributed by atoms with Crippen LogP contribution < -0.4 is 4.74 Å². The summed E-state index contributed by atoms with van der Waals surface area (Å²) in [7, 11) is -1.31. The van der Waals surface area contributed by atoms with Crippen LogP contribution in [-0.4, -0.2) is 33.0 Å². The second kappa shape index (κ2) is 6.69. The van der Waals surface area contributed by atoms with Gasteiger partial charge in [0.05, 0.1) is 17.6 Å². The van der Waals surface area contributed by atoms with E-state index in [4.69, 9.17) is 9.57 Å². The van der Waals surface area contributed by atoms with Gasteiger partial charge in [0.1, 0.15) is 5.75 Å². The highest BCUT2D eigenvalue weighted by atomic mass is 32.2. The number of benzene rings is 2. The van der Waals surface area contributed by atoms with Crippen molar-refractivity contribution >= 4 is 16.0 Å². The number of para-hydroxylation sites is 1. The Morgan fingerprint density at radius 2 is 1.73 bits per heavy atom. The van der Waals surface area contributed by atoms with Crippen LogP contribution in [0.25, 0.3) is 0 Å². The van der Waals surface area contributed by atoms with E-state index in [1.165, 1.54) is 38.4 Å². The van der Waals surface area contributed by atoms with Crippen LogP contribution in [0.5, 0.6) is 5.75 Å². The smallest absolute Gasteiger partial charge is 0.343 e. The lowest BCUT2D eigenvalue weighted by atomic mass is 10.2. The number of sulfonamides is 1. The number of carbonyl (C=O) groups excluding carboxylic acids is 1. The van der Waals surface area contributed by atoms with Crippen LogP contribution in [-0.2, 0) is 14.9 Å². The lowest BCUT2D eigenvalue weighted by Crippen LogP contribution is -2.26. The lowest BCUT2D eigenvalue weighted by molar-refractivity contribution is -0.0258. The van der Waals surface area contributed by atoms with Crippen molar-refractivity contribution in [2.45, 2.75) is 4.90 Å². The van der Waals surface area contributed by atoms with Crippen LogP contribution in [0.1, 0.15) is 10.4 Å². The summed E-state index contributed by atoms with van der Waals surface area (Å²) in [6.07, 6.45) is 0. The molecule has 2 aromatic rings. The molecule has 0 fully saturated rings. The summed E-state index contributed by atoms with van der Waals surface area (Å²) in [6, 6.07) is 14.1. The molecule has 0 saturated carbocycles. The third-order valence-corrected chi connectivity index (χ3v) is 4.59. The zero-order chi connectivity index (χ0) is 16.2. The molecular weight excluding hydrogens is 306 g/mol. The molecular formula is C15H15NO5S. The third kappa shape index (κ3) is 3.51. The van der Waals surface area contributed by atoms with E-state index < -0.39 is 16.0 Å². The standard InChI is InChI=1S/C15H15NO5S/c1-16(20-2)22(18,19)14-10-6-7-12(11-14)15(17)21-13-8-4-3-5-9-13/h3-11H,1-2H3. The van der Waals surface area contributed by atoms with E-state index in [1.54, 1.807) is 30.3 Å². The second-order valence-electron chi connectivity index (χ2n) is 4.33. The van der Waals surface area contributed by atoms with Crippen LogP contribution in [0, 0.1) is 0 Å². The van der Waals surface area contributed by atoms with Gasteiger partial charge in [-0.3, -0.25) is 4.84 Å². The van der Waals surface area contributed by atoms with Crippen LogP contribution in [0.15, 0.2) is 59.5 Å². The van der Waals surface area contributed by atoms with Gasteiger partial charge in [-0.15, -0.1) is 0 Å². The molecule has 0 aliphatic heterocycles. The van der Waals surface area contributed by atoms with Gasteiger partial charge in [-0.1, -0.05) is 28.7 Å². The molecule has 7 heteroatoms. The van der Waals surface area contributed by atoms with E-state index in [2.05, 4.69) is 0 Å². The average molecular weight is 321 g/mol. The predicted molar refractivity (Wildman–Crippen MR) is 79.8 cm³/mol. The Hall–Kier alpha value is -2.22. The minimum Gasteiger partial charge on any atom is -0.423 e. The van der Waals surface area contributed by atoms with Crippen molar-refractivity contribution in [2.24, 2.45) is 0 Å². The minimum absolute atomic E-state index is 0.0561. The highest BCUT2D eigenvalue weighted by Gasteiger charge is 2.22. The van der Waals surface area contributed by atoms with E-state index >= 15 is 0 Å². The number of nitrogens with zero attached hydrogens (tertiary/aromatic N) is 1. The molecule has 6 nitrogen and oxygen atoms in total. The van der Waals surface area contributed by atoms with Crippen molar-refractivity contribution in [3.63, 3.8) is 0 Å². The SMILES string of the molecule is CON(C)S(=O)(=O)c1cccc(C(=O)Oc2ccccc2)c1. The molecule has 0 aliphatic rings. The first-order chi connectivity index (χ1) is 10.4. The predicted octanol–water partition coefficient (Wildman–Crippen LogP) is 2.09. The normalized spacial score (nSPS) is 11.4. The Bertz CT molecular complexity index is 759. The molecule has 0 heterocycles. The van der Waals surface area contributed by atoms with Crippen molar-refractivity contribution in [3.05, 3.63) is 60.2 Å². The third-order valence-electron chi connectivity index (χ3n) is 2.92. The molecule has 0 unspecified atom stereocenters. The van der Waals surface area contributed by atoms with E-state index in [-0.39, 0.29) is 10.5 Å². The zero-order valence-corrected chi connectivity index (χ0v) is 12.9. The first-order valence-corrected chi connectivity index (χ1v) is 7.79. The number of esters is 1. The Morgan fingerprint density at radius 3 is 2.36 bits per heavy atom. The van der Waals surface area contributed by atoms with Gasteiger partial charge in [0.25, 0.3) is 10.0 Å². The van der Waals surface area contributed by atoms with Crippen LogP contribution in [0.3, 0.4) is 0 Å². The monoisotopic (exact) mass is 321 g/mol. The van der Waals surface area contributed by atoms with Gasteiger partial charge in [0.15, 0.2) is 0 Å². The van der Waals surface area contributed by atoms with Crippen molar-refractivity contribution in [2.75, 3.05) is 14.2 Å². The average Bonchev–Trinajstić information content (AvgIpc) is 2.55. The Morgan fingerprint density at radius 1 is 1.05 bits per heavy atom. The second-order valence-corrected chi connectivity index (χ2v) is 6.26. The summed E-state index contributed by atoms with van der Waals surface area (Å²) in [5, 5.41) is 0. The summed E-state index contributed by atoms with van der Waals surface area (Å²) >= 11 is 0. The van der Waals surface area contributed by atoms with Crippen LogP contribution >= 0.6 is 0 Å². The molecule has 2 rings (SSSR count). The summed E-state index contributed by atoms with van der Waals surface area (Å²) in [5.74, 6) is -0.252. The van der Waals surface area contributed by atoms with Gasteiger partial charge in [-0.05, 0) is 30.3 Å². The first kappa shape index (κ1) is 16.2. The van der Waals surface area contributed by atoms with Crippen molar-refractivity contribution in [3.8, 4) is 5.75 Å². The van der Waals surface area contributed by atoms with E-state index in [0.717, 1.165) is 0 Å². The maximum absolute atomic E-state index is 12.1. The topological polar surface area (TPSA) is 72.9 Å². The largest absolute Gasteiger partial charge is 0.423 e. The molecule has 0 aliphatic carbocycles. The van der Waals surface area contributed by atoms with Gasteiger partial charge in [-0.25, -0.2) is 13.2 Å². The number of carbonyl (C=O) groups is 1. The molecule has 22 heavy (non-hydrogen) atoms. The van der Waals surface area contributed by atoms with Gasteiger partial charge < -0.3 is 4.74 Å². The van der Waals surface area contributed by atoms with Crippen LogP contribution in [0.4, 0.5) is 0 Å². The molecule has 0 amide bonds. The highest BCUT2D eigenvalue weighted by molar-refractivity contribution is 7.89. The summed E-state index contributed by atoms with van der Waals surface area (Å²) in [5.41, 5.74) is 0.134. The van der Waals surface area contributed by atoms with Crippen molar-refractivity contribution in [1.82, 2.24) is 4.47 Å². The molecule has 0 N–H and O–H groups in total. The number of hydrogen-bond acceptors (Lipinski definition) is 5. The Labute approximate surface area is 128 Å². The molecule has 0 spiro atoms. The van der Waals surface area contributed by atoms with Gasteiger partial charge >= 0.3 is 5.97 Å². The number of ether oxygens (including phenoxy) is 1. The lowest BCUT2D eigenvalue weighted by Gasteiger charge is -2.14. The van der Waals surface area contributed by atoms with Crippen LogP contribution in [0.2, 0.25) is 0 Å². The zero-order valence-electron chi connectivity index (χ0n) is 12.1. The summed E-state index contributed by atoms with van der Waals surface area (Å²) < 4.78 is 30.2. The molecule has 0 atom stereocenters. The fourth-order valence-electron chi connectivity index (χ4n) is 1.68.